The molecule has 0 heterocycles. The van der Waals surface area contributed by atoms with Crippen molar-refractivity contribution in [2.24, 2.45) is 5.92 Å². The zero-order chi connectivity index (χ0) is 15.3. The highest BCUT2D eigenvalue weighted by molar-refractivity contribution is 5.94. The van der Waals surface area contributed by atoms with Gasteiger partial charge in [0.05, 0.1) is 12.7 Å². The van der Waals surface area contributed by atoms with Gasteiger partial charge in [0.15, 0.2) is 0 Å². The van der Waals surface area contributed by atoms with Gasteiger partial charge in [-0.3, -0.25) is 9.59 Å². The number of carboxylic acids is 2. The monoisotopic (exact) mass is 284 g/mol. The molecule has 0 saturated carbocycles. The minimum Gasteiger partial charge on any atom is -0.496 e. The summed E-state index contributed by atoms with van der Waals surface area (Å²) < 4.78 is 15.4. The van der Waals surface area contributed by atoms with Crippen LogP contribution in [0.3, 0.4) is 0 Å². The number of methoxy groups -OCH3 is 3. The molecule has 20 heavy (non-hydrogen) atoms. The van der Waals surface area contributed by atoms with Crippen molar-refractivity contribution in [3.8, 4) is 5.75 Å². The Kier molecular flexibility index (Phi) is 5.06. The highest BCUT2D eigenvalue weighted by atomic mass is 16.7. The first-order valence-electron chi connectivity index (χ1n) is 5.64. The van der Waals surface area contributed by atoms with E-state index in [0.29, 0.717) is 0 Å². The van der Waals surface area contributed by atoms with Crippen molar-refractivity contribution in [3.63, 3.8) is 0 Å². The second-order valence-electron chi connectivity index (χ2n) is 3.89. The smallest absolute Gasteiger partial charge is 0.323 e. The van der Waals surface area contributed by atoms with E-state index in [0.717, 1.165) is 0 Å². The van der Waals surface area contributed by atoms with Crippen LogP contribution in [-0.2, 0) is 24.8 Å². The van der Waals surface area contributed by atoms with Crippen molar-refractivity contribution in [2.75, 3.05) is 21.3 Å². The molecule has 0 unspecified atom stereocenters. The van der Waals surface area contributed by atoms with Crippen LogP contribution in [0.25, 0.3) is 0 Å². The molecule has 0 spiro atoms. The van der Waals surface area contributed by atoms with Gasteiger partial charge in [-0.05, 0) is 12.1 Å². The molecule has 1 aromatic carbocycles. The largest absolute Gasteiger partial charge is 0.496 e. The van der Waals surface area contributed by atoms with Crippen molar-refractivity contribution >= 4 is 11.9 Å². The fraction of sp³-hybridized carbons (Fsp3) is 0.385. The van der Waals surface area contributed by atoms with Crippen LogP contribution in [0.4, 0.5) is 0 Å². The normalized spacial score (nSPS) is 11.4. The van der Waals surface area contributed by atoms with Crippen molar-refractivity contribution in [3.05, 3.63) is 29.8 Å². The molecule has 0 aliphatic rings. The highest BCUT2D eigenvalue weighted by Gasteiger charge is 2.52. The molecule has 0 aliphatic heterocycles. The molecular formula is C13H16O7. The van der Waals surface area contributed by atoms with E-state index in [1.54, 1.807) is 18.2 Å². The van der Waals surface area contributed by atoms with Gasteiger partial charge in [0.2, 0.25) is 11.7 Å². The Balaban J connectivity index is 3.55. The lowest BCUT2D eigenvalue weighted by Gasteiger charge is -2.34. The van der Waals surface area contributed by atoms with Crippen LogP contribution in [0, 0.1) is 5.92 Å². The highest BCUT2D eigenvalue weighted by Crippen LogP contribution is 2.39. The lowest BCUT2D eigenvalue weighted by Crippen LogP contribution is -2.47. The van der Waals surface area contributed by atoms with E-state index in [-0.39, 0.29) is 11.3 Å². The van der Waals surface area contributed by atoms with Crippen LogP contribution in [0.5, 0.6) is 5.75 Å². The summed E-state index contributed by atoms with van der Waals surface area (Å²) in [5, 5.41) is 18.4. The third kappa shape index (κ3) is 2.59. The quantitative estimate of drug-likeness (QED) is 0.567. The zero-order valence-electron chi connectivity index (χ0n) is 11.3. The molecule has 0 bridgehead atoms. The third-order valence-electron chi connectivity index (χ3n) is 2.96. The number of carbonyl (C=O) groups is 2. The minimum atomic E-state index is -2.00. The number of ether oxygens (including phenoxy) is 3. The number of hydrogen-bond acceptors (Lipinski definition) is 5. The Morgan fingerprint density at radius 1 is 1.05 bits per heavy atom. The number of para-hydroxylation sites is 1. The molecule has 0 saturated heterocycles. The Hall–Kier alpha value is -2.12. The first-order chi connectivity index (χ1) is 9.44. The van der Waals surface area contributed by atoms with E-state index in [1.807, 2.05) is 0 Å². The van der Waals surface area contributed by atoms with Gasteiger partial charge < -0.3 is 24.4 Å². The van der Waals surface area contributed by atoms with Gasteiger partial charge in [-0.1, -0.05) is 12.1 Å². The summed E-state index contributed by atoms with van der Waals surface area (Å²) in [5.74, 6) is -6.83. The molecular weight excluding hydrogens is 268 g/mol. The Morgan fingerprint density at radius 2 is 1.55 bits per heavy atom. The van der Waals surface area contributed by atoms with Crippen LogP contribution >= 0.6 is 0 Å². The van der Waals surface area contributed by atoms with Crippen molar-refractivity contribution < 1.29 is 34.0 Å². The molecule has 0 aromatic heterocycles. The van der Waals surface area contributed by atoms with Gasteiger partial charge in [-0.15, -0.1) is 0 Å². The summed E-state index contributed by atoms with van der Waals surface area (Å²) in [6.07, 6.45) is 0. The standard InChI is InChI=1S/C13H16O7/c1-18-9-7-5-4-6-8(9)13(19-2,20-3)10(11(14)15)12(16)17/h4-7,10H,1-3H3,(H,14,15)(H,16,17). The minimum absolute atomic E-state index is 0.183. The van der Waals surface area contributed by atoms with E-state index in [1.165, 1.54) is 27.4 Å². The fourth-order valence-electron chi connectivity index (χ4n) is 2.06. The van der Waals surface area contributed by atoms with E-state index in [4.69, 9.17) is 14.2 Å². The first-order valence-corrected chi connectivity index (χ1v) is 5.64. The Bertz CT molecular complexity index is 479. The third-order valence-corrected chi connectivity index (χ3v) is 2.96. The summed E-state index contributed by atoms with van der Waals surface area (Å²) in [5.41, 5.74) is 0.183. The van der Waals surface area contributed by atoms with Crippen molar-refractivity contribution in [1.29, 1.82) is 0 Å². The molecule has 1 aromatic rings. The second-order valence-corrected chi connectivity index (χ2v) is 3.89. The average Bonchev–Trinajstić information content (AvgIpc) is 2.43. The van der Waals surface area contributed by atoms with E-state index < -0.39 is 23.6 Å². The second kappa shape index (κ2) is 6.36. The number of aliphatic carboxylic acids is 2. The van der Waals surface area contributed by atoms with Gasteiger partial charge in [-0.2, -0.15) is 0 Å². The van der Waals surface area contributed by atoms with Gasteiger partial charge in [-0.25, -0.2) is 0 Å². The lowest BCUT2D eigenvalue weighted by molar-refractivity contribution is -0.252. The number of rotatable bonds is 7. The van der Waals surface area contributed by atoms with Crippen molar-refractivity contribution in [1.82, 2.24) is 0 Å². The first kappa shape index (κ1) is 15.9. The molecule has 7 heteroatoms. The molecule has 110 valence electrons. The van der Waals surface area contributed by atoms with Crippen LogP contribution in [0.1, 0.15) is 5.56 Å². The predicted molar refractivity (Wildman–Crippen MR) is 67.5 cm³/mol. The summed E-state index contributed by atoms with van der Waals surface area (Å²) in [6, 6.07) is 6.31. The van der Waals surface area contributed by atoms with Crippen LogP contribution in [-0.4, -0.2) is 43.5 Å². The molecule has 0 fully saturated rings. The lowest BCUT2D eigenvalue weighted by atomic mass is 9.90. The summed E-state index contributed by atoms with van der Waals surface area (Å²) in [7, 11) is 3.73. The molecule has 0 radical (unpaired) electrons. The van der Waals surface area contributed by atoms with Gasteiger partial charge >= 0.3 is 11.9 Å². The molecule has 0 amide bonds. The van der Waals surface area contributed by atoms with Gasteiger partial charge in [0.1, 0.15) is 5.75 Å². The molecule has 7 nitrogen and oxygen atoms in total. The number of hydrogen-bond donors (Lipinski definition) is 2. The predicted octanol–water partition coefficient (Wildman–Crippen LogP) is 0.926. The van der Waals surface area contributed by atoms with Crippen LogP contribution in [0.2, 0.25) is 0 Å². The Morgan fingerprint density at radius 3 is 1.95 bits per heavy atom. The van der Waals surface area contributed by atoms with Gasteiger partial charge in [0, 0.05) is 14.2 Å². The SMILES string of the molecule is COc1ccccc1C(OC)(OC)C(C(=O)O)C(=O)O. The Labute approximate surface area is 115 Å². The number of benzene rings is 1. The van der Waals surface area contributed by atoms with E-state index >= 15 is 0 Å². The zero-order valence-corrected chi connectivity index (χ0v) is 11.3. The molecule has 1 rings (SSSR count). The average molecular weight is 284 g/mol. The molecule has 0 aliphatic carbocycles. The number of carboxylic acid groups (broad SMARTS) is 2. The maximum Gasteiger partial charge on any atom is 0.323 e. The molecule has 2 N–H and O–H groups in total. The molecule has 0 atom stereocenters. The van der Waals surface area contributed by atoms with Crippen LogP contribution in [0.15, 0.2) is 24.3 Å². The summed E-state index contributed by atoms with van der Waals surface area (Å²) in [6.45, 7) is 0. The van der Waals surface area contributed by atoms with Gasteiger partial charge in [0.25, 0.3) is 0 Å². The maximum absolute atomic E-state index is 11.3. The van der Waals surface area contributed by atoms with Crippen molar-refractivity contribution in [2.45, 2.75) is 5.79 Å². The fourth-order valence-corrected chi connectivity index (χ4v) is 2.06. The van der Waals surface area contributed by atoms with Crippen LogP contribution < -0.4 is 4.74 Å². The maximum atomic E-state index is 11.3. The summed E-state index contributed by atoms with van der Waals surface area (Å²) >= 11 is 0. The topological polar surface area (TPSA) is 102 Å². The van der Waals surface area contributed by atoms with E-state index in [2.05, 4.69) is 0 Å². The van der Waals surface area contributed by atoms with E-state index in [9.17, 15) is 19.8 Å². The summed E-state index contributed by atoms with van der Waals surface area (Å²) in [4.78, 5) is 22.6.